The van der Waals surface area contributed by atoms with E-state index in [1.54, 1.807) is 18.5 Å². The molecule has 1 fully saturated rings. The van der Waals surface area contributed by atoms with Gasteiger partial charge in [-0.15, -0.1) is 0 Å². The third-order valence-electron chi connectivity index (χ3n) is 4.54. The highest BCUT2D eigenvalue weighted by atomic mass is 32.2. The van der Waals surface area contributed by atoms with Gasteiger partial charge < -0.3 is 4.90 Å². The van der Waals surface area contributed by atoms with Crippen LogP contribution in [0.2, 0.25) is 0 Å². The Morgan fingerprint density at radius 1 is 1.04 bits per heavy atom. The molecule has 0 aliphatic carbocycles. The fourth-order valence-electron chi connectivity index (χ4n) is 3.01. The molecule has 3 rings (SSSR count). The molecule has 0 amide bonds. The Morgan fingerprint density at radius 2 is 1.72 bits per heavy atom. The van der Waals surface area contributed by atoms with Crippen molar-refractivity contribution < 1.29 is 8.42 Å². The Kier molecular flexibility index (Phi) is 5.99. The number of piperidine rings is 1. The minimum absolute atomic E-state index is 0.133. The van der Waals surface area contributed by atoms with Gasteiger partial charge in [0, 0.05) is 32.0 Å². The van der Waals surface area contributed by atoms with E-state index in [1.807, 2.05) is 30.3 Å². The lowest BCUT2D eigenvalue weighted by atomic mass is 9.97. The Hall–Kier alpha value is -1.99. The summed E-state index contributed by atoms with van der Waals surface area (Å²) < 4.78 is 27.2. The predicted octanol–water partition coefficient (Wildman–Crippen LogP) is 1.86. The van der Waals surface area contributed by atoms with Crippen molar-refractivity contribution in [2.24, 2.45) is 5.92 Å². The first kappa shape index (κ1) is 17.8. The zero-order chi connectivity index (χ0) is 17.5. The smallest absolute Gasteiger partial charge is 0.225 e. The molecule has 7 heteroatoms. The topological polar surface area (TPSA) is 75.2 Å². The summed E-state index contributed by atoms with van der Waals surface area (Å²) in [5, 5.41) is 0. The van der Waals surface area contributed by atoms with Gasteiger partial charge in [0.05, 0.1) is 5.75 Å². The minimum atomic E-state index is -3.23. The molecule has 0 saturated carbocycles. The summed E-state index contributed by atoms with van der Waals surface area (Å²) in [6.07, 6.45) is 5.92. The van der Waals surface area contributed by atoms with Crippen LogP contribution in [0.25, 0.3) is 0 Å². The standard InChI is InChI=1S/C18H24N4O2S/c23-25(24,14-9-16-5-2-1-3-6-16)21-15-17-7-12-22(13-8-17)18-19-10-4-11-20-18/h1-6,10-11,17,21H,7-9,12-15H2. The normalized spacial score (nSPS) is 16.1. The molecule has 25 heavy (non-hydrogen) atoms. The van der Waals surface area contributed by atoms with Crippen LogP contribution in [-0.4, -0.2) is 43.8 Å². The van der Waals surface area contributed by atoms with Crippen LogP contribution in [0.1, 0.15) is 18.4 Å². The van der Waals surface area contributed by atoms with Gasteiger partial charge in [-0.05, 0) is 36.8 Å². The second-order valence-electron chi connectivity index (χ2n) is 6.38. The highest BCUT2D eigenvalue weighted by Crippen LogP contribution is 2.19. The van der Waals surface area contributed by atoms with E-state index in [-0.39, 0.29) is 5.75 Å². The lowest BCUT2D eigenvalue weighted by Crippen LogP contribution is -2.39. The molecule has 1 saturated heterocycles. The molecule has 0 atom stereocenters. The number of hydrogen-bond acceptors (Lipinski definition) is 5. The van der Waals surface area contributed by atoms with Gasteiger partial charge in [-0.3, -0.25) is 0 Å². The molecule has 0 spiro atoms. The molecule has 1 aliphatic heterocycles. The second-order valence-corrected chi connectivity index (χ2v) is 8.31. The zero-order valence-electron chi connectivity index (χ0n) is 14.2. The van der Waals surface area contributed by atoms with Crippen LogP contribution in [-0.2, 0) is 16.4 Å². The van der Waals surface area contributed by atoms with Crippen molar-refractivity contribution in [2.75, 3.05) is 30.3 Å². The molecule has 1 aromatic carbocycles. The van der Waals surface area contributed by atoms with Gasteiger partial charge in [-0.25, -0.2) is 23.1 Å². The van der Waals surface area contributed by atoms with Crippen LogP contribution in [0, 0.1) is 5.92 Å². The number of anilines is 1. The van der Waals surface area contributed by atoms with Crippen molar-refractivity contribution in [1.29, 1.82) is 0 Å². The van der Waals surface area contributed by atoms with Crippen LogP contribution < -0.4 is 9.62 Å². The average Bonchev–Trinajstić information content (AvgIpc) is 2.67. The number of sulfonamides is 1. The summed E-state index contributed by atoms with van der Waals surface area (Å²) in [4.78, 5) is 10.7. The summed E-state index contributed by atoms with van der Waals surface area (Å²) in [6.45, 7) is 2.24. The molecule has 134 valence electrons. The first-order chi connectivity index (χ1) is 12.1. The van der Waals surface area contributed by atoms with Crippen LogP contribution in [0.5, 0.6) is 0 Å². The van der Waals surface area contributed by atoms with Gasteiger partial charge in [0.25, 0.3) is 0 Å². The Bertz CT molecular complexity index is 745. The van der Waals surface area contributed by atoms with Crippen LogP contribution in [0.15, 0.2) is 48.8 Å². The number of nitrogens with zero attached hydrogens (tertiary/aromatic N) is 3. The van der Waals surface area contributed by atoms with E-state index in [2.05, 4.69) is 19.6 Å². The largest absolute Gasteiger partial charge is 0.341 e. The molecular weight excluding hydrogens is 336 g/mol. The van der Waals surface area contributed by atoms with Crippen LogP contribution in [0.4, 0.5) is 5.95 Å². The Morgan fingerprint density at radius 3 is 2.40 bits per heavy atom. The third-order valence-corrected chi connectivity index (χ3v) is 5.89. The molecule has 0 radical (unpaired) electrons. The van der Waals surface area contributed by atoms with Gasteiger partial charge in [0.15, 0.2) is 0 Å². The number of benzene rings is 1. The quantitative estimate of drug-likeness (QED) is 0.816. The van der Waals surface area contributed by atoms with E-state index in [0.717, 1.165) is 37.4 Å². The number of aryl methyl sites for hydroxylation is 1. The summed E-state index contributed by atoms with van der Waals surface area (Å²) >= 11 is 0. The van der Waals surface area contributed by atoms with E-state index in [0.29, 0.717) is 18.9 Å². The molecule has 0 unspecified atom stereocenters. The fourth-order valence-corrected chi connectivity index (χ4v) is 4.14. The highest BCUT2D eigenvalue weighted by molar-refractivity contribution is 7.89. The van der Waals surface area contributed by atoms with Crippen molar-refractivity contribution >= 4 is 16.0 Å². The molecule has 2 aromatic rings. The van der Waals surface area contributed by atoms with Crippen LogP contribution >= 0.6 is 0 Å². The van der Waals surface area contributed by atoms with Crippen molar-refractivity contribution in [2.45, 2.75) is 19.3 Å². The van der Waals surface area contributed by atoms with Gasteiger partial charge in [-0.2, -0.15) is 0 Å². The number of nitrogens with one attached hydrogen (secondary N) is 1. The molecule has 1 aliphatic rings. The van der Waals surface area contributed by atoms with Gasteiger partial charge >= 0.3 is 0 Å². The maximum Gasteiger partial charge on any atom is 0.225 e. The molecule has 1 aromatic heterocycles. The second kappa shape index (κ2) is 8.40. The van der Waals surface area contributed by atoms with E-state index in [4.69, 9.17) is 0 Å². The van der Waals surface area contributed by atoms with Gasteiger partial charge in [-0.1, -0.05) is 30.3 Å². The molecule has 6 nitrogen and oxygen atoms in total. The van der Waals surface area contributed by atoms with Crippen molar-refractivity contribution in [3.8, 4) is 0 Å². The molecule has 1 N–H and O–H groups in total. The Labute approximate surface area is 149 Å². The number of aromatic nitrogens is 2. The van der Waals surface area contributed by atoms with Crippen molar-refractivity contribution in [3.05, 3.63) is 54.4 Å². The maximum absolute atomic E-state index is 12.2. The minimum Gasteiger partial charge on any atom is -0.341 e. The first-order valence-electron chi connectivity index (χ1n) is 8.66. The van der Waals surface area contributed by atoms with E-state index in [1.165, 1.54) is 0 Å². The van der Waals surface area contributed by atoms with Crippen molar-refractivity contribution in [3.63, 3.8) is 0 Å². The monoisotopic (exact) mass is 360 g/mol. The third kappa shape index (κ3) is 5.51. The fraction of sp³-hybridized carbons (Fsp3) is 0.444. The van der Waals surface area contributed by atoms with Crippen LogP contribution in [0.3, 0.4) is 0 Å². The molecule has 2 heterocycles. The maximum atomic E-state index is 12.2. The Balaban J connectivity index is 1.41. The first-order valence-corrected chi connectivity index (χ1v) is 10.3. The molecule has 0 bridgehead atoms. The summed E-state index contributed by atoms with van der Waals surface area (Å²) in [6, 6.07) is 11.5. The lowest BCUT2D eigenvalue weighted by molar-refractivity contribution is 0.399. The number of hydrogen-bond donors (Lipinski definition) is 1. The zero-order valence-corrected chi connectivity index (χ0v) is 15.0. The summed E-state index contributed by atoms with van der Waals surface area (Å²) in [5.41, 5.74) is 1.05. The van der Waals surface area contributed by atoms with Gasteiger partial charge in [0.2, 0.25) is 16.0 Å². The predicted molar refractivity (Wildman–Crippen MR) is 98.9 cm³/mol. The summed E-state index contributed by atoms with van der Waals surface area (Å²) in [7, 11) is -3.23. The number of rotatable bonds is 7. The average molecular weight is 360 g/mol. The van der Waals surface area contributed by atoms with E-state index in [9.17, 15) is 8.42 Å². The van der Waals surface area contributed by atoms with Crippen molar-refractivity contribution in [1.82, 2.24) is 14.7 Å². The lowest BCUT2D eigenvalue weighted by Gasteiger charge is -2.31. The van der Waals surface area contributed by atoms with Gasteiger partial charge in [0.1, 0.15) is 0 Å². The summed E-state index contributed by atoms with van der Waals surface area (Å²) in [5.74, 6) is 1.25. The van der Waals surface area contributed by atoms with E-state index < -0.39 is 10.0 Å². The van der Waals surface area contributed by atoms with E-state index >= 15 is 0 Å². The SMILES string of the molecule is O=S(=O)(CCc1ccccc1)NCC1CCN(c2ncccn2)CC1. The highest BCUT2D eigenvalue weighted by Gasteiger charge is 2.22. The molecular formula is C18H24N4O2S.